The van der Waals surface area contributed by atoms with E-state index in [1.54, 1.807) is 31.3 Å². The summed E-state index contributed by atoms with van der Waals surface area (Å²) in [6.45, 7) is 1.29. The molecule has 2 aromatic rings. The van der Waals surface area contributed by atoms with E-state index in [1.165, 1.54) is 42.3 Å². The number of allylic oxidation sites excluding steroid dienone is 1. The summed E-state index contributed by atoms with van der Waals surface area (Å²) >= 11 is 6.46. The standard InChI is InChI=1S/C24H22ClF3N6O2/c1-13(35)31-21-19(23(36)33(3)29-2)22-30-12-17(16-6-4-5-7-18(16)25)20(34(22)32-21)14-8-10-15(11-9-14)24(26,27)28/h4-12,22,29,32H,1-3H3,(H,31,35). The van der Waals surface area contributed by atoms with Gasteiger partial charge in [0.05, 0.1) is 11.3 Å². The second-order valence-corrected chi connectivity index (χ2v) is 8.42. The number of likely N-dealkylation sites (N-methyl/N-ethyl adjacent to an activating group) is 1. The van der Waals surface area contributed by atoms with Crippen LogP contribution in [0.2, 0.25) is 5.02 Å². The summed E-state index contributed by atoms with van der Waals surface area (Å²) in [7, 11) is 3.07. The molecule has 4 rings (SSSR count). The van der Waals surface area contributed by atoms with Crippen LogP contribution in [-0.4, -0.2) is 48.3 Å². The van der Waals surface area contributed by atoms with E-state index in [4.69, 9.17) is 11.6 Å². The van der Waals surface area contributed by atoms with E-state index in [0.717, 1.165) is 12.1 Å². The van der Waals surface area contributed by atoms with Crippen molar-refractivity contribution in [3.63, 3.8) is 0 Å². The Hall–Kier alpha value is -3.83. The lowest BCUT2D eigenvalue weighted by atomic mass is 9.97. The molecule has 2 heterocycles. The number of halogens is 4. The van der Waals surface area contributed by atoms with Gasteiger partial charge in [-0.1, -0.05) is 41.9 Å². The summed E-state index contributed by atoms with van der Waals surface area (Å²) in [4.78, 5) is 29.6. The average molecular weight is 519 g/mol. The lowest BCUT2D eigenvalue weighted by molar-refractivity contribution is -0.137. The summed E-state index contributed by atoms with van der Waals surface area (Å²) in [5.41, 5.74) is 7.02. The van der Waals surface area contributed by atoms with Crippen LogP contribution < -0.4 is 16.2 Å². The van der Waals surface area contributed by atoms with Crippen LogP contribution in [0, 0.1) is 0 Å². The van der Waals surface area contributed by atoms with E-state index in [1.807, 2.05) is 0 Å². The van der Waals surface area contributed by atoms with E-state index in [0.29, 0.717) is 27.4 Å². The molecule has 0 aliphatic carbocycles. The maximum atomic E-state index is 13.2. The number of fused-ring (bicyclic) bond motifs is 1. The van der Waals surface area contributed by atoms with Gasteiger partial charge < -0.3 is 5.32 Å². The second kappa shape index (κ2) is 9.67. The topological polar surface area (TPSA) is 89.1 Å². The van der Waals surface area contributed by atoms with Crippen molar-refractivity contribution in [2.24, 2.45) is 4.99 Å². The highest BCUT2D eigenvalue weighted by atomic mass is 35.5. The molecular formula is C24H22ClF3N6O2. The summed E-state index contributed by atoms with van der Waals surface area (Å²) in [6, 6.07) is 11.6. The molecule has 0 bridgehead atoms. The van der Waals surface area contributed by atoms with Gasteiger partial charge in [-0.2, -0.15) is 13.2 Å². The molecule has 1 unspecified atom stereocenters. The van der Waals surface area contributed by atoms with Gasteiger partial charge in [0.1, 0.15) is 11.4 Å². The monoisotopic (exact) mass is 518 g/mol. The van der Waals surface area contributed by atoms with E-state index in [-0.39, 0.29) is 11.4 Å². The molecule has 1 atom stereocenters. The van der Waals surface area contributed by atoms with Crippen LogP contribution in [0.1, 0.15) is 23.6 Å². The van der Waals surface area contributed by atoms with E-state index in [2.05, 4.69) is 21.2 Å². The van der Waals surface area contributed by atoms with Gasteiger partial charge >= 0.3 is 6.18 Å². The largest absolute Gasteiger partial charge is 0.416 e. The molecule has 0 spiro atoms. The van der Waals surface area contributed by atoms with Crippen LogP contribution in [0.5, 0.6) is 0 Å². The van der Waals surface area contributed by atoms with E-state index >= 15 is 0 Å². The molecule has 2 aromatic carbocycles. The van der Waals surface area contributed by atoms with Crippen molar-refractivity contribution in [3.05, 3.63) is 81.6 Å². The highest BCUT2D eigenvalue weighted by molar-refractivity contribution is 6.35. The SMILES string of the molecule is CNN(C)C(=O)C1=C(NC(C)=O)NN2C(c3ccc(C(F)(F)F)cc3)=C(c3ccccc3Cl)C=NC12. The van der Waals surface area contributed by atoms with Crippen molar-refractivity contribution in [3.8, 4) is 0 Å². The van der Waals surface area contributed by atoms with Gasteiger partial charge in [-0.15, -0.1) is 0 Å². The zero-order chi connectivity index (χ0) is 26.2. The average Bonchev–Trinajstić information content (AvgIpc) is 3.19. The molecule has 2 amide bonds. The number of carbonyl (C=O) groups is 2. The van der Waals surface area contributed by atoms with Gasteiger partial charge in [0.15, 0.2) is 6.17 Å². The molecule has 2 aliphatic rings. The van der Waals surface area contributed by atoms with Crippen molar-refractivity contribution in [2.45, 2.75) is 19.3 Å². The Labute approximate surface area is 210 Å². The molecule has 0 radical (unpaired) electrons. The first-order valence-electron chi connectivity index (χ1n) is 10.8. The first kappa shape index (κ1) is 25.3. The Bertz CT molecular complexity index is 1300. The van der Waals surface area contributed by atoms with Crippen molar-refractivity contribution in [2.75, 3.05) is 14.1 Å². The Balaban J connectivity index is 1.89. The van der Waals surface area contributed by atoms with Crippen molar-refractivity contribution in [1.29, 1.82) is 0 Å². The van der Waals surface area contributed by atoms with Gasteiger partial charge in [0.25, 0.3) is 5.91 Å². The molecule has 0 saturated heterocycles. The Morgan fingerprint density at radius 3 is 2.39 bits per heavy atom. The Morgan fingerprint density at radius 1 is 1.14 bits per heavy atom. The van der Waals surface area contributed by atoms with Crippen LogP contribution in [-0.2, 0) is 15.8 Å². The van der Waals surface area contributed by atoms with Gasteiger partial charge in [-0.05, 0) is 18.2 Å². The Kier molecular flexibility index (Phi) is 6.79. The van der Waals surface area contributed by atoms with Crippen LogP contribution >= 0.6 is 11.6 Å². The molecule has 2 aliphatic heterocycles. The number of nitrogens with zero attached hydrogens (tertiary/aromatic N) is 3. The summed E-state index contributed by atoms with van der Waals surface area (Å²) in [5.74, 6) is -0.780. The molecule has 0 fully saturated rings. The van der Waals surface area contributed by atoms with Gasteiger partial charge in [-0.25, -0.2) is 5.43 Å². The maximum Gasteiger partial charge on any atom is 0.416 e. The smallest absolute Gasteiger partial charge is 0.311 e. The highest BCUT2D eigenvalue weighted by Crippen LogP contribution is 2.40. The summed E-state index contributed by atoms with van der Waals surface area (Å²) in [5, 5.41) is 5.78. The first-order valence-corrected chi connectivity index (χ1v) is 11.1. The number of rotatable bonds is 5. The number of benzene rings is 2. The minimum atomic E-state index is -4.50. The van der Waals surface area contributed by atoms with E-state index in [9.17, 15) is 22.8 Å². The fourth-order valence-corrected chi connectivity index (χ4v) is 4.15. The van der Waals surface area contributed by atoms with Gasteiger partial charge in [-0.3, -0.25) is 30.0 Å². The van der Waals surface area contributed by atoms with Gasteiger partial charge in [0.2, 0.25) is 5.91 Å². The lowest BCUT2D eigenvalue weighted by Crippen LogP contribution is -2.43. The Morgan fingerprint density at radius 2 is 1.81 bits per heavy atom. The maximum absolute atomic E-state index is 13.2. The minimum absolute atomic E-state index is 0.113. The highest BCUT2D eigenvalue weighted by Gasteiger charge is 2.42. The number of aliphatic imine (C=N–C) groups is 1. The molecule has 0 aromatic heterocycles. The molecule has 8 nitrogen and oxygen atoms in total. The lowest BCUT2D eigenvalue weighted by Gasteiger charge is -2.33. The third-order valence-corrected chi connectivity index (χ3v) is 6.00. The molecule has 12 heteroatoms. The first-order chi connectivity index (χ1) is 17.0. The summed E-state index contributed by atoms with van der Waals surface area (Å²) in [6.07, 6.45) is -3.89. The molecule has 188 valence electrons. The predicted molar refractivity (Wildman–Crippen MR) is 130 cm³/mol. The zero-order valence-electron chi connectivity index (χ0n) is 19.4. The molecule has 3 N–H and O–H groups in total. The quantitative estimate of drug-likeness (QED) is 0.528. The number of nitrogens with one attached hydrogen (secondary N) is 3. The molecule has 0 saturated carbocycles. The van der Waals surface area contributed by atoms with E-state index < -0.39 is 29.7 Å². The van der Waals surface area contributed by atoms with Crippen molar-refractivity contribution < 1.29 is 22.8 Å². The third-order valence-electron chi connectivity index (χ3n) is 5.67. The number of carbonyl (C=O) groups excluding carboxylic acids is 2. The normalized spacial score (nSPS) is 17.2. The summed E-state index contributed by atoms with van der Waals surface area (Å²) < 4.78 is 39.7. The number of hydrogen-bond donors (Lipinski definition) is 3. The molecule has 36 heavy (non-hydrogen) atoms. The molecular weight excluding hydrogens is 497 g/mol. The van der Waals surface area contributed by atoms with Crippen molar-refractivity contribution in [1.82, 2.24) is 26.2 Å². The number of hydrazine groups is 2. The van der Waals surface area contributed by atoms with Crippen molar-refractivity contribution >= 4 is 40.9 Å². The number of alkyl halides is 3. The fraction of sp³-hybridized carbons (Fsp3) is 0.208. The number of hydrogen-bond acceptors (Lipinski definition) is 6. The predicted octanol–water partition coefficient (Wildman–Crippen LogP) is 3.40. The van der Waals surface area contributed by atoms with Crippen LogP contribution in [0.25, 0.3) is 11.3 Å². The van der Waals surface area contributed by atoms with Crippen LogP contribution in [0.3, 0.4) is 0 Å². The van der Waals surface area contributed by atoms with Crippen LogP contribution in [0.4, 0.5) is 13.2 Å². The third kappa shape index (κ3) is 4.67. The van der Waals surface area contributed by atoms with Gasteiger partial charge in [0, 0.05) is 49.0 Å². The van der Waals surface area contributed by atoms with Crippen LogP contribution in [0.15, 0.2) is 64.9 Å². The number of amides is 2. The minimum Gasteiger partial charge on any atom is -0.311 e. The fourth-order valence-electron chi connectivity index (χ4n) is 3.91. The second-order valence-electron chi connectivity index (χ2n) is 8.01. The zero-order valence-corrected chi connectivity index (χ0v) is 20.2.